The molecular weight excluding hydrogens is 442 g/mol. The number of H-pyrrole nitrogens is 1. The molecule has 3 nitrogen and oxygen atoms in total. The molecule has 0 fully saturated rings. The number of fused-ring (bicyclic) bond motifs is 1. The predicted molar refractivity (Wildman–Crippen MR) is 129 cm³/mol. The van der Waals surface area contributed by atoms with Gasteiger partial charge in [0.05, 0.1) is 13.6 Å². The van der Waals surface area contributed by atoms with Crippen molar-refractivity contribution in [2.75, 3.05) is 5.33 Å². The Morgan fingerprint density at radius 1 is 1.03 bits per heavy atom. The van der Waals surface area contributed by atoms with Crippen molar-refractivity contribution in [3.63, 3.8) is 0 Å². The zero-order chi connectivity index (χ0) is 21.2. The highest BCUT2D eigenvalue weighted by atomic mass is 79.9. The number of hydrogen-bond donors (Lipinski definition) is 1. The van der Waals surface area contributed by atoms with Gasteiger partial charge in [-0.2, -0.15) is 0 Å². The van der Waals surface area contributed by atoms with Gasteiger partial charge in [0, 0.05) is 16.8 Å². The van der Waals surface area contributed by atoms with Crippen molar-refractivity contribution < 1.29 is 4.74 Å². The molecule has 5 heteroatoms. The highest BCUT2D eigenvalue weighted by Crippen LogP contribution is 2.47. The van der Waals surface area contributed by atoms with Crippen molar-refractivity contribution in [1.82, 2.24) is 4.98 Å². The molecule has 29 heavy (non-hydrogen) atoms. The number of aromatic nitrogens is 1. The Hall–Kier alpha value is -1.85. The second kappa shape index (κ2) is 8.48. The molecule has 0 saturated carbocycles. The third-order valence-electron chi connectivity index (χ3n) is 6.46. The molecule has 154 valence electrons. The first kappa shape index (κ1) is 21.8. The van der Waals surface area contributed by atoms with E-state index in [9.17, 15) is 4.79 Å². The van der Waals surface area contributed by atoms with Gasteiger partial charge in [0.25, 0.3) is 0 Å². The molecule has 0 spiro atoms. The number of pyridine rings is 1. The van der Waals surface area contributed by atoms with Crippen molar-refractivity contribution in [2.45, 2.75) is 51.1 Å². The summed E-state index contributed by atoms with van der Waals surface area (Å²) in [5, 5.41) is 2.23. The van der Waals surface area contributed by atoms with E-state index in [2.05, 4.69) is 60.8 Å². The van der Waals surface area contributed by atoms with Crippen molar-refractivity contribution in [2.24, 2.45) is 0 Å². The molecular formula is C24H30BrNO2Si. The van der Waals surface area contributed by atoms with Crippen LogP contribution in [0.15, 0.2) is 59.4 Å². The molecule has 0 radical (unpaired) electrons. The van der Waals surface area contributed by atoms with Gasteiger partial charge in [-0.1, -0.05) is 86.2 Å². The Labute approximate surface area is 182 Å². The van der Waals surface area contributed by atoms with Crippen LogP contribution in [0.25, 0.3) is 10.9 Å². The molecule has 0 aliphatic carbocycles. The van der Waals surface area contributed by atoms with E-state index in [1.165, 1.54) is 5.56 Å². The van der Waals surface area contributed by atoms with Gasteiger partial charge in [-0.25, -0.2) is 0 Å². The van der Waals surface area contributed by atoms with Gasteiger partial charge in [0.15, 0.2) is 0 Å². The van der Waals surface area contributed by atoms with Crippen LogP contribution in [0, 0.1) is 0 Å². The average Bonchev–Trinajstić information content (AvgIpc) is 2.67. The molecule has 1 aromatic heterocycles. The van der Waals surface area contributed by atoms with Crippen LogP contribution < -0.4 is 10.3 Å². The summed E-state index contributed by atoms with van der Waals surface area (Å²) in [5.41, 5.74) is 3.48. The fraction of sp³-hybridized carbons (Fsp3) is 0.375. The van der Waals surface area contributed by atoms with Crippen LogP contribution in [0.2, 0.25) is 18.1 Å². The summed E-state index contributed by atoms with van der Waals surface area (Å²) in [5.74, 6) is 0.717. The Morgan fingerprint density at radius 2 is 1.72 bits per heavy atom. The maximum atomic E-state index is 12.1. The number of benzene rings is 2. The fourth-order valence-corrected chi connectivity index (χ4v) is 8.83. The predicted octanol–water partition coefficient (Wildman–Crippen LogP) is 6.63. The summed E-state index contributed by atoms with van der Waals surface area (Å²) in [6, 6.07) is 17.8. The van der Waals surface area contributed by atoms with E-state index in [-0.39, 0.29) is 10.6 Å². The number of rotatable bonds is 6. The van der Waals surface area contributed by atoms with Gasteiger partial charge in [-0.3, -0.25) is 4.79 Å². The lowest BCUT2D eigenvalue weighted by Crippen LogP contribution is -2.45. The lowest BCUT2D eigenvalue weighted by molar-refractivity contribution is 0.309. The van der Waals surface area contributed by atoms with E-state index in [0.29, 0.717) is 17.9 Å². The lowest BCUT2D eigenvalue weighted by Gasteiger charge is -2.43. The Morgan fingerprint density at radius 3 is 2.34 bits per heavy atom. The van der Waals surface area contributed by atoms with Crippen molar-refractivity contribution in [3.8, 4) is 5.75 Å². The van der Waals surface area contributed by atoms with E-state index >= 15 is 0 Å². The first-order valence-corrected chi connectivity index (χ1v) is 14.2. The SMILES string of the molecule is CC(C)(C)[Si](C)(C)[C@@H](CBr)c1ccc(OCc2ccccc2)c2[nH]c(=O)ccc12. The molecule has 3 rings (SSSR count). The quantitative estimate of drug-likeness (QED) is 0.323. The van der Waals surface area contributed by atoms with Crippen LogP contribution in [0.4, 0.5) is 0 Å². The maximum absolute atomic E-state index is 12.1. The minimum atomic E-state index is -1.67. The van der Waals surface area contributed by atoms with E-state index < -0.39 is 8.07 Å². The maximum Gasteiger partial charge on any atom is 0.248 e. The molecule has 0 aliphatic heterocycles. The van der Waals surface area contributed by atoms with E-state index in [1.54, 1.807) is 6.07 Å². The molecule has 3 aromatic rings. The lowest BCUT2D eigenvalue weighted by atomic mass is 10.0. The molecule has 0 bridgehead atoms. The number of ether oxygens (including phenoxy) is 1. The smallest absolute Gasteiger partial charge is 0.248 e. The van der Waals surface area contributed by atoms with Crippen LogP contribution >= 0.6 is 15.9 Å². The Kier molecular flexibility index (Phi) is 6.39. The van der Waals surface area contributed by atoms with E-state index in [4.69, 9.17) is 4.74 Å². The van der Waals surface area contributed by atoms with E-state index in [0.717, 1.165) is 21.8 Å². The number of halogens is 1. The Bertz CT molecular complexity index is 1040. The molecule has 0 saturated heterocycles. The molecule has 0 unspecified atom stereocenters. The third-order valence-corrected chi connectivity index (χ3v) is 13.8. The van der Waals surface area contributed by atoms with Crippen LogP contribution in [-0.2, 0) is 6.61 Å². The summed E-state index contributed by atoms with van der Waals surface area (Å²) < 4.78 is 6.11. The molecule has 1 heterocycles. The van der Waals surface area contributed by atoms with Crippen molar-refractivity contribution in [3.05, 3.63) is 76.1 Å². The van der Waals surface area contributed by atoms with Crippen molar-refractivity contribution in [1.29, 1.82) is 0 Å². The van der Waals surface area contributed by atoms with Gasteiger partial charge in [0.2, 0.25) is 5.56 Å². The first-order valence-electron chi connectivity index (χ1n) is 10.0. The summed E-state index contributed by atoms with van der Waals surface area (Å²) >= 11 is 3.79. The van der Waals surface area contributed by atoms with Crippen LogP contribution in [0.1, 0.15) is 37.4 Å². The van der Waals surface area contributed by atoms with Crippen LogP contribution in [0.3, 0.4) is 0 Å². The number of aromatic amines is 1. The van der Waals surface area contributed by atoms with Gasteiger partial charge in [-0.15, -0.1) is 0 Å². The minimum absolute atomic E-state index is 0.109. The van der Waals surface area contributed by atoms with E-state index in [1.807, 2.05) is 42.5 Å². The normalized spacial score (nSPS) is 13.4. The molecule has 1 N–H and O–H groups in total. The second-order valence-corrected chi connectivity index (χ2v) is 15.5. The van der Waals surface area contributed by atoms with Crippen LogP contribution in [0.5, 0.6) is 5.75 Å². The summed E-state index contributed by atoms with van der Waals surface area (Å²) in [6.07, 6.45) is 0. The average molecular weight is 472 g/mol. The first-order chi connectivity index (χ1) is 13.6. The standard InChI is InChI=1S/C24H30BrNO2Si/c1-24(2,3)29(4,5)21(15-25)18-11-13-20(23-19(18)12-14-22(27)26-23)28-16-17-9-7-6-8-10-17/h6-14,21H,15-16H2,1-5H3,(H,26,27)/t21-/m0/s1. The second-order valence-electron chi connectivity index (χ2n) is 9.22. The summed E-state index contributed by atoms with van der Waals surface area (Å²) in [6.45, 7) is 12.4. The molecule has 0 aliphatic rings. The topological polar surface area (TPSA) is 42.1 Å². The summed E-state index contributed by atoms with van der Waals surface area (Å²) in [4.78, 5) is 15.1. The number of nitrogens with one attached hydrogen (secondary N) is 1. The summed E-state index contributed by atoms with van der Waals surface area (Å²) in [7, 11) is -1.67. The molecule has 2 aromatic carbocycles. The molecule has 0 amide bonds. The zero-order valence-corrected chi connectivity index (χ0v) is 20.5. The highest BCUT2D eigenvalue weighted by Gasteiger charge is 2.42. The van der Waals surface area contributed by atoms with Crippen LogP contribution in [-0.4, -0.2) is 18.4 Å². The zero-order valence-electron chi connectivity index (χ0n) is 17.9. The van der Waals surface area contributed by atoms with Gasteiger partial charge in [-0.05, 0) is 33.8 Å². The van der Waals surface area contributed by atoms with Gasteiger partial charge >= 0.3 is 0 Å². The Balaban J connectivity index is 2.08. The van der Waals surface area contributed by atoms with Gasteiger partial charge in [0.1, 0.15) is 12.4 Å². The minimum Gasteiger partial charge on any atom is -0.487 e. The van der Waals surface area contributed by atoms with Crippen molar-refractivity contribution >= 4 is 34.9 Å². The molecule has 1 atom stereocenters. The number of hydrogen-bond acceptors (Lipinski definition) is 2. The number of alkyl halides is 1. The highest BCUT2D eigenvalue weighted by molar-refractivity contribution is 9.09. The van der Waals surface area contributed by atoms with Gasteiger partial charge < -0.3 is 9.72 Å². The fourth-order valence-electron chi connectivity index (χ4n) is 3.59. The monoisotopic (exact) mass is 471 g/mol. The third kappa shape index (κ3) is 4.51. The largest absolute Gasteiger partial charge is 0.487 e.